The molecule has 0 aliphatic carbocycles. The molecule has 2 nitrogen and oxygen atoms in total. The molecule has 0 aromatic heterocycles. The minimum Gasteiger partial charge on any atom is -0.248 e. The maximum Gasteiger partial charge on any atom is 0.442 e. The molecule has 2 heteroatoms. The van der Waals surface area contributed by atoms with E-state index in [-0.39, 0.29) is 0 Å². The lowest BCUT2D eigenvalue weighted by molar-refractivity contribution is -0.844. The van der Waals surface area contributed by atoms with Crippen LogP contribution in [0, 0.1) is 0 Å². The molecule has 0 unspecified atom stereocenters. The Hall–Kier alpha value is -0.370. The number of hydrogen-bond donors (Lipinski definition) is 0. The molecular weight excluding hydrogens is 138 g/mol. The van der Waals surface area contributed by atoms with E-state index in [0.29, 0.717) is 4.48 Å². The van der Waals surface area contributed by atoms with E-state index in [4.69, 9.17) is 0 Å². The van der Waals surface area contributed by atoms with Crippen molar-refractivity contribution in [3.05, 3.63) is 0 Å². The molecule has 0 N–H and O–H groups in total. The van der Waals surface area contributed by atoms with Gasteiger partial charge in [0.25, 0.3) is 0 Å². The molecule has 0 saturated carbocycles. The lowest BCUT2D eigenvalue weighted by Crippen LogP contribution is -2.50. The van der Waals surface area contributed by atoms with E-state index in [1.54, 1.807) is 0 Å². The molecule has 1 amide bonds. The van der Waals surface area contributed by atoms with E-state index in [0.717, 1.165) is 26.1 Å². The highest BCUT2D eigenvalue weighted by Gasteiger charge is 2.29. The molecule has 1 aliphatic heterocycles. The Labute approximate surface area is 68.8 Å². The van der Waals surface area contributed by atoms with E-state index >= 15 is 0 Å². The summed E-state index contributed by atoms with van der Waals surface area (Å²) in [6.45, 7) is 5.17. The van der Waals surface area contributed by atoms with E-state index < -0.39 is 0 Å². The van der Waals surface area contributed by atoms with Gasteiger partial charge < -0.3 is 0 Å². The zero-order valence-corrected chi connectivity index (χ0v) is 7.31. The third-order valence-electron chi connectivity index (χ3n) is 2.52. The van der Waals surface area contributed by atoms with Crippen LogP contribution in [0.5, 0.6) is 0 Å². The molecule has 0 spiro atoms. The van der Waals surface area contributed by atoms with Crippen molar-refractivity contribution in [2.45, 2.75) is 32.6 Å². The van der Waals surface area contributed by atoms with Gasteiger partial charge >= 0.3 is 6.41 Å². The van der Waals surface area contributed by atoms with Crippen molar-refractivity contribution in [2.75, 3.05) is 19.6 Å². The normalized spacial score (nSPS) is 23.0. The smallest absolute Gasteiger partial charge is 0.248 e. The first-order valence-corrected chi connectivity index (χ1v) is 4.58. The largest absolute Gasteiger partial charge is 0.442 e. The topological polar surface area (TPSA) is 17.1 Å². The lowest BCUT2D eigenvalue weighted by Gasteiger charge is -2.33. The first kappa shape index (κ1) is 8.72. The van der Waals surface area contributed by atoms with Crippen LogP contribution in [0.2, 0.25) is 0 Å². The van der Waals surface area contributed by atoms with Crippen molar-refractivity contribution < 1.29 is 9.28 Å². The molecule has 0 aromatic rings. The summed E-state index contributed by atoms with van der Waals surface area (Å²) in [5.74, 6) is 0. The van der Waals surface area contributed by atoms with Crippen molar-refractivity contribution in [2.24, 2.45) is 0 Å². The van der Waals surface area contributed by atoms with Gasteiger partial charge in [-0.15, -0.1) is 0 Å². The summed E-state index contributed by atoms with van der Waals surface area (Å²) in [6.07, 6.45) is 7.00. The number of likely N-dealkylation sites (tertiary alicyclic amines) is 1. The quantitative estimate of drug-likeness (QED) is 0.564. The Morgan fingerprint density at radius 1 is 1.27 bits per heavy atom. The molecule has 1 rings (SSSR count). The van der Waals surface area contributed by atoms with Crippen LogP contribution in [0.3, 0.4) is 0 Å². The predicted octanol–water partition coefficient (Wildman–Crippen LogP) is 1.46. The standard InChI is InChI=1S/C9H17NO/c1-2-6-10(9-11)7-4-3-5-8-10/h2-8H2,1H3/q+1. The number of hydrogen-bond acceptors (Lipinski definition) is 1. The van der Waals surface area contributed by atoms with E-state index in [2.05, 4.69) is 13.3 Å². The fraction of sp³-hybridized carbons (Fsp3) is 0.889. The maximum absolute atomic E-state index is 10.7. The Kier molecular flexibility index (Phi) is 3.06. The predicted molar refractivity (Wildman–Crippen MR) is 44.7 cm³/mol. The van der Waals surface area contributed by atoms with Gasteiger partial charge in [-0.1, -0.05) is 6.92 Å². The van der Waals surface area contributed by atoms with Gasteiger partial charge in [0, 0.05) is 0 Å². The SMILES string of the molecule is CCC[N+]1([C]=O)CCCCC1. The monoisotopic (exact) mass is 155 g/mol. The number of quaternary nitrogens is 1. The summed E-state index contributed by atoms with van der Waals surface area (Å²) in [5.41, 5.74) is 0. The van der Waals surface area contributed by atoms with E-state index in [1.807, 2.05) is 0 Å². The van der Waals surface area contributed by atoms with Crippen LogP contribution in [-0.4, -0.2) is 30.5 Å². The number of nitrogens with zero attached hydrogens (tertiary/aromatic N) is 1. The molecular formula is C9H17NO+. The second kappa shape index (κ2) is 3.86. The summed E-state index contributed by atoms with van der Waals surface area (Å²) >= 11 is 0. The van der Waals surface area contributed by atoms with Crippen molar-refractivity contribution in [3.63, 3.8) is 0 Å². The molecule has 0 atom stereocenters. The third kappa shape index (κ3) is 2.03. The molecule has 1 fully saturated rings. The van der Waals surface area contributed by atoms with E-state index in [1.165, 1.54) is 19.3 Å². The van der Waals surface area contributed by atoms with Crippen LogP contribution >= 0.6 is 0 Å². The second-order valence-corrected chi connectivity index (χ2v) is 3.47. The average Bonchev–Trinajstić information content (AvgIpc) is 2.07. The van der Waals surface area contributed by atoms with Crippen LogP contribution < -0.4 is 0 Å². The Bertz CT molecular complexity index is 122. The molecule has 0 aromatic carbocycles. The average molecular weight is 155 g/mol. The molecule has 1 aliphatic rings. The first-order valence-electron chi connectivity index (χ1n) is 4.58. The fourth-order valence-corrected chi connectivity index (χ4v) is 1.91. The van der Waals surface area contributed by atoms with Gasteiger partial charge in [0.05, 0.1) is 19.6 Å². The molecule has 1 heterocycles. The Morgan fingerprint density at radius 2 is 1.91 bits per heavy atom. The number of amides is 1. The minimum absolute atomic E-state index is 0.608. The van der Waals surface area contributed by atoms with Gasteiger partial charge in [-0.3, -0.25) is 0 Å². The summed E-state index contributed by atoms with van der Waals surface area (Å²) in [5, 5.41) is 0. The van der Waals surface area contributed by atoms with Gasteiger partial charge in [-0.2, -0.15) is 0 Å². The highest BCUT2D eigenvalue weighted by atomic mass is 16.1. The van der Waals surface area contributed by atoms with Gasteiger partial charge in [-0.25, -0.2) is 9.28 Å². The first-order chi connectivity index (χ1) is 5.33. The van der Waals surface area contributed by atoms with Gasteiger partial charge in [0.2, 0.25) is 0 Å². The number of carbonyl (C=O) groups excluding carboxylic acids is 1. The van der Waals surface area contributed by atoms with Crippen LogP contribution in [0.4, 0.5) is 0 Å². The van der Waals surface area contributed by atoms with Gasteiger partial charge in [0.15, 0.2) is 0 Å². The van der Waals surface area contributed by atoms with Gasteiger partial charge in [0.1, 0.15) is 0 Å². The highest BCUT2D eigenvalue weighted by Crippen LogP contribution is 2.16. The Morgan fingerprint density at radius 3 is 2.36 bits per heavy atom. The zero-order chi connectivity index (χ0) is 8.16. The zero-order valence-electron chi connectivity index (χ0n) is 7.31. The van der Waals surface area contributed by atoms with Crippen molar-refractivity contribution in [1.29, 1.82) is 0 Å². The summed E-state index contributed by atoms with van der Waals surface area (Å²) < 4.78 is 0.608. The van der Waals surface area contributed by atoms with Crippen LogP contribution in [-0.2, 0) is 4.79 Å². The van der Waals surface area contributed by atoms with Crippen molar-refractivity contribution >= 4 is 6.41 Å². The highest BCUT2D eigenvalue weighted by molar-refractivity contribution is 5.38. The lowest BCUT2D eigenvalue weighted by atomic mass is 10.1. The number of piperidine rings is 1. The number of rotatable bonds is 3. The maximum atomic E-state index is 10.7. The molecule has 11 heavy (non-hydrogen) atoms. The third-order valence-corrected chi connectivity index (χ3v) is 2.52. The van der Waals surface area contributed by atoms with Crippen molar-refractivity contribution in [3.8, 4) is 0 Å². The van der Waals surface area contributed by atoms with Gasteiger partial charge in [-0.05, 0) is 25.7 Å². The second-order valence-electron chi connectivity index (χ2n) is 3.47. The fourth-order valence-electron chi connectivity index (χ4n) is 1.91. The van der Waals surface area contributed by atoms with Crippen molar-refractivity contribution in [1.82, 2.24) is 0 Å². The van der Waals surface area contributed by atoms with Crippen LogP contribution in [0.15, 0.2) is 0 Å². The Balaban J connectivity index is 2.49. The molecule has 63 valence electrons. The van der Waals surface area contributed by atoms with Crippen LogP contribution in [0.25, 0.3) is 0 Å². The van der Waals surface area contributed by atoms with E-state index in [9.17, 15) is 4.79 Å². The summed E-state index contributed by atoms with van der Waals surface area (Å²) in [7, 11) is 0. The summed E-state index contributed by atoms with van der Waals surface area (Å²) in [6, 6.07) is 0. The van der Waals surface area contributed by atoms with Crippen LogP contribution in [0.1, 0.15) is 32.6 Å². The molecule has 1 saturated heterocycles. The molecule has 0 bridgehead atoms. The molecule has 1 radical (unpaired) electrons. The summed E-state index contributed by atoms with van der Waals surface area (Å²) in [4.78, 5) is 10.7. The minimum atomic E-state index is 0.608.